The van der Waals surface area contributed by atoms with E-state index in [9.17, 15) is 0 Å². The van der Waals surface area contributed by atoms with Crippen LogP contribution in [0.25, 0.3) is 42.9 Å². The Hall–Kier alpha value is -6.99. The molecule has 0 fully saturated rings. The van der Waals surface area contributed by atoms with Crippen LogP contribution >= 0.6 is 11.3 Å². The molecule has 3 heterocycles. The van der Waals surface area contributed by atoms with E-state index in [0.717, 1.165) is 28.9 Å². The van der Waals surface area contributed by atoms with Crippen LogP contribution < -0.4 is 25.6 Å². The van der Waals surface area contributed by atoms with Gasteiger partial charge in [-0.1, -0.05) is 182 Å². The summed E-state index contributed by atoms with van der Waals surface area (Å²) in [4.78, 5) is 18.5. The molecule has 0 saturated heterocycles. The van der Waals surface area contributed by atoms with Crippen molar-refractivity contribution in [3.8, 4) is 22.8 Å². The summed E-state index contributed by atoms with van der Waals surface area (Å²) in [6.45, 7) is 0. The second kappa shape index (κ2) is 14.2. The molecule has 8 aromatic carbocycles. The Bertz CT molecular complexity index is 2970. The maximum Gasteiger partial charge on any atom is 0.238 e. The van der Waals surface area contributed by atoms with Crippen LogP contribution in [0.1, 0.15) is 11.1 Å². The number of para-hydroxylation sites is 2. The number of benzene rings is 8. The van der Waals surface area contributed by atoms with Gasteiger partial charge in [-0.3, -0.25) is 4.90 Å². The molecule has 0 spiro atoms. The second-order valence-electron chi connectivity index (χ2n) is 14.8. The molecule has 0 bridgehead atoms. The van der Waals surface area contributed by atoms with Gasteiger partial charge in [0.2, 0.25) is 5.95 Å². The van der Waals surface area contributed by atoms with Crippen molar-refractivity contribution in [3.05, 3.63) is 217 Å². The number of aromatic nitrogens is 3. The first kappa shape index (κ1) is 34.3. The van der Waals surface area contributed by atoms with Crippen molar-refractivity contribution in [2.45, 2.75) is 6.42 Å². The molecular weight excluding hydrogens is 741 g/mol. The lowest BCUT2D eigenvalue weighted by Gasteiger charge is -2.34. The average molecular weight is 777 g/mol. The number of nitrogens with zero attached hydrogens (tertiary/aromatic N) is 4. The summed E-state index contributed by atoms with van der Waals surface area (Å²) in [6.07, 6.45) is 0.848. The standard InChI is InChI=1S/C52H36N4SSi/c1-4-21-39(22-5-1)58(40-23-6-2-7-24-40,41-25-8-3-9-26-41)42-27-16-20-38(35-42)50-53-51(44-29-17-33-48-49(44)43-28-12-15-32-47(43)57-48)55-52(54-50)56-45-30-13-10-18-36(45)34-37-19-11-14-31-46(37)56/h1-33,35H,34H2. The van der Waals surface area contributed by atoms with Crippen LogP contribution in [0.2, 0.25) is 0 Å². The number of anilines is 3. The van der Waals surface area contributed by atoms with Crippen LogP contribution in [0.3, 0.4) is 0 Å². The predicted molar refractivity (Wildman–Crippen MR) is 245 cm³/mol. The summed E-state index contributed by atoms with van der Waals surface area (Å²) in [7, 11) is -2.82. The minimum absolute atomic E-state index is 0.597. The number of fused-ring (bicyclic) bond motifs is 5. The van der Waals surface area contributed by atoms with Gasteiger partial charge in [0.15, 0.2) is 19.7 Å². The fraction of sp³-hybridized carbons (Fsp3) is 0.0192. The van der Waals surface area contributed by atoms with Gasteiger partial charge in [-0.15, -0.1) is 11.3 Å². The van der Waals surface area contributed by atoms with Gasteiger partial charge in [-0.25, -0.2) is 4.98 Å². The summed E-state index contributed by atoms with van der Waals surface area (Å²) < 4.78 is 2.46. The Morgan fingerprint density at radius 1 is 0.431 bits per heavy atom. The third kappa shape index (κ3) is 5.60. The summed E-state index contributed by atoms with van der Waals surface area (Å²) in [5, 5.41) is 7.60. The second-order valence-corrected chi connectivity index (χ2v) is 19.7. The fourth-order valence-corrected chi connectivity index (χ4v) is 14.9. The highest BCUT2D eigenvalue weighted by molar-refractivity contribution is 7.26. The largest absolute Gasteiger partial charge is 0.278 e. The van der Waals surface area contributed by atoms with Crippen molar-refractivity contribution in [3.63, 3.8) is 0 Å². The maximum absolute atomic E-state index is 5.44. The molecule has 274 valence electrons. The van der Waals surface area contributed by atoms with E-state index in [0.29, 0.717) is 17.6 Å². The average Bonchev–Trinajstić information content (AvgIpc) is 3.69. The Morgan fingerprint density at radius 2 is 0.948 bits per heavy atom. The highest BCUT2D eigenvalue weighted by Crippen LogP contribution is 2.44. The van der Waals surface area contributed by atoms with Gasteiger partial charge >= 0.3 is 0 Å². The molecule has 1 aliphatic rings. The molecule has 4 nitrogen and oxygen atoms in total. The van der Waals surface area contributed by atoms with Crippen LogP contribution in [-0.2, 0) is 6.42 Å². The molecule has 0 N–H and O–H groups in total. The van der Waals surface area contributed by atoms with E-state index in [1.807, 2.05) is 0 Å². The third-order valence-electron chi connectivity index (χ3n) is 11.5. The number of hydrogen-bond acceptors (Lipinski definition) is 5. The molecule has 6 heteroatoms. The van der Waals surface area contributed by atoms with Crippen LogP contribution in [0.15, 0.2) is 206 Å². The number of thiophene rings is 1. The minimum Gasteiger partial charge on any atom is -0.278 e. The molecule has 0 unspecified atom stereocenters. The molecule has 11 rings (SSSR count). The van der Waals surface area contributed by atoms with Crippen molar-refractivity contribution < 1.29 is 0 Å². The number of hydrogen-bond donors (Lipinski definition) is 0. The first-order chi connectivity index (χ1) is 28.8. The van der Waals surface area contributed by atoms with Crippen molar-refractivity contribution in [2.24, 2.45) is 0 Å². The van der Waals surface area contributed by atoms with Crippen molar-refractivity contribution >= 4 is 77.7 Å². The van der Waals surface area contributed by atoms with Crippen LogP contribution in [0.4, 0.5) is 17.3 Å². The zero-order valence-corrected chi connectivity index (χ0v) is 33.4. The third-order valence-corrected chi connectivity index (χ3v) is 17.4. The highest BCUT2D eigenvalue weighted by Gasteiger charge is 2.41. The number of rotatable bonds is 7. The predicted octanol–water partition coefficient (Wildman–Crippen LogP) is 10.3. The van der Waals surface area contributed by atoms with Gasteiger partial charge in [0, 0.05) is 37.7 Å². The first-order valence-corrected chi connectivity index (χ1v) is 22.5. The SMILES string of the molecule is c1ccc([Si](c2ccccc2)(c2ccccc2)c2cccc(-c3nc(-c4cccc5sc6ccccc6c45)nc(N4c5ccccc5Cc5ccccc54)n3)c2)cc1. The summed E-state index contributed by atoms with van der Waals surface area (Å²) in [5.41, 5.74) is 6.59. The zero-order valence-electron chi connectivity index (χ0n) is 31.5. The van der Waals surface area contributed by atoms with E-state index in [4.69, 9.17) is 15.0 Å². The lowest BCUT2D eigenvalue weighted by atomic mass is 9.96. The Morgan fingerprint density at radius 3 is 1.60 bits per heavy atom. The molecule has 0 amide bonds. The summed E-state index contributed by atoms with van der Waals surface area (Å²) in [6, 6.07) is 74.5. The fourth-order valence-electron chi connectivity index (χ4n) is 8.94. The molecule has 58 heavy (non-hydrogen) atoms. The van der Waals surface area contributed by atoms with Crippen LogP contribution in [0.5, 0.6) is 0 Å². The van der Waals surface area contributed by atoms with Gasteiger partial charge in [0.25, 0.3) is 0 Å². The van der Waals surface area contributed by atoms with Gasteiger partial charge in [-0.2, -0.15) is 9.97 Å². The van der Waals surface area contributed by atoms with Gasteiger partial charge in [0.05, 0.1) is 11.4 Å². The van der Waals surface area contributed by atoms with E-state index < -0.39 is 8.07 Å². The lowest BCUT2D eigenvalue weighted by Crippen LogP contribution is -2.74. The Kier molecular flexibility index (Phi) is 8.38. The van der Waals surface area contributed by atoms with E-state index in [1.54, 1.807) is 11.3 Å². The smallest absolute Gasteiger partial charge is 0.238 e. The molecule has 2 aromatic heterocycles. The van der Waals surface area contributed by atoms with E-state index >= 15 is 0 Å². The zero-order chi connectivity index (χ0) is 38.5. The lowest BCUT2D eigenvalue weighted by molar-refractivity contribution is 0.991. The first-order valence-electron chi connectivity index (χ1n) is 19.7. The summed E-state index contributed by atoms with van der Waals surface area (Å²) >= 11 is 1.81. The van der Waals surface area contributed by atoms with Crippen molar-refractivity contribution in [1.29, 1.82) is 0 Å². The molecule has 0 saturated carbocycles. The monoisotopic (exact) mass is 776 g/mol. The molecule has 0 atom stereocenters. The Labute approximate surface area is 342 Å². The molecule has 0 radical (unpaired) electrons. The van der Waals surface area contributed by atoms with E-state index in [1.165, 1.54) is 52.0 Å². The van der Waals surface area contributed by atoms with E-state index in [-0.39, 0.29) is 0 Å². The quantitative estimate of drug-likeness (QED) is 0.119. The van der Waals surface area contributed by atoms with E-state index in [2.05, 4.69) is 211 Å². The highest BCUT2D eigenvalue weighted by atomic mass is 32.1. The molecule has 1 aliphatic heterocycles. The molecular formula is C52H36N4SSi. The summed E-state index contributed by atoms with van der Waals surface area (Å²) in [5.74, 6) is 1.88. The van der Waals surface area contributed by atoms with Crippen LogP contribution in [0, 0.1) is 0 Å². The van der Waals surface area contributed by atoms with Gasteiger partial charge in [0.1, 0.15) is 0 Å². The van der Waals surface area contributed by atoms with Crippen LogP contribution in [-0.4, -0.2) is 23.0 Å². The topological polar surface area (TPSA) is 41.9 Å². The van der Waals surface area contributed by atoms with Gasteiger partial charge < -0.3 is 0 Å². The van der Waals surface area contributed by atoms with Gasteiger partial charge in [-0.05, 0) is 56.1 Å². The normalized spacial score (nSPS) is 12.4. The van der Waals surface area contributed by atoms with Crippen molar-refractivity contribution in [2.75, 3.05) is 4.90 Å². The molecule has 10 aromatic rings. The molecule has 0 aliphatic carbocycles. The van der Waals surface area contributed by atoms with Crippen molar-refractivity contribution in [1.82, 2.24) is 15.0 Å². The Balaban J connectivity index is 1.19. The maximum atomic E-state index is 5.44. The minimum atomic E-state index is -2.82.